The summed E-state index contributed by atoms with van der Waals surface area (Å²) in [5.41, 5.74) is 2.46. The third-order valence-corrected chi connectivity index (χ3v) is 6.44. The van der Waals surface area contributed by atoms with E-state index in [-0.39, 0.29) is 17.5 Å². The van der Waals surface area contributed by atoms with Gasteiger partial charge in [0, 0.05) is 13.0 Å². The highest BCUT2D eigenvalue weighted by molar-refractivity contribution is 5.79. The molecule has 0 bridgehead atoms. The molecule has 3 aromatic rings. The number of para-hydroxylation sites is 1. The van der Waals surface area contributed by atoms with Gasteiger partial charge >= 0.3 is 0 Å². The topological polar surface area (TPSA) is 55.2 Å². The van der Waals surface area contributed by atoms with E-state index in [9.17, 15) is 9.59 Å². The van der Waals surface area contributed by atoms with Crippen molar-refractivity contribution in [3.63, 3.8) is 0 Å². The van der Waals surface area contributed by atoms with Gasteiger partial charge in [-0.05, 0) is 56.0 Å². The lowest BCUT2D eigenvalue weighted by Crippen LogP contribution is -2.39. The number of rotatable bonds is 12. The van der Waals surface area contributed by atoms with Crippen LogP contribution in [0.25, 0.3) is 16.6 Å². The molecule has 1 amide bonds. The molecule has 0 aliphatic carbocycles. The molecule has 0 saturated carbocycles. The third-order valence-electron chi connectivity index (χ3n) is 6.44. The molecule has 0 radical (unpaired) electrons. The molecule has 1 unspecified atom stereocenters. The zero-order valence-electron chi connectivity index (χ0n) is 21.2. The van der Waals surface area contributed by atoms with E-state index in [1.807, 2.05) is 60.4 Å². The van der Waals surface area contributed by atoms with Crippen molar-refractivity contribution in [3.8, 4) is 5.69 Å². The normalized spacial score (nSPS) is 12.1. The van der Waals surface area contributed by atoms with Crippen molar-refractivity contribution in [3.05, 3.63) is 70.3 Å². The lowest BCUT2D eigenvalue weighted by molar-refractivity contribution is -0.134. The Balaban J connectivity index is 2.14. The van der Waals surface area contributed by atoms with Crippen molar-refractivity contribution in [2.24, 2.45) is 0 Å². The van der Waals surface area contributed by atoms with Gasteiger partial charge in [0.1, 0.15) is 5.82 Å². The fourth-order valence-corrected chi connectivity index (χ4v) is 4.56. The number of hydrogen-bond acceptors (Lipinski definition) is 3. The maximum Gasteiger partial charge on any atom is 0.266 e. The zero-order chi connectivity index (χ0) is 24.5. The Bertz CT molecular complexity index is 1150. The van der Waals surface area contributed by atoms with Crippen LogP contribution in [0.1, 0.15) is 89.6 Å². The molecule has 0 N–H and O–H groups in total. The minimum atomic E-state index is -0.261. The number of carbonyl (C=O) groups excluding carboxylic acids is 1. The van der Waals surface area contributed by atoms with E-state index in [1.54, 1.807) is 4.57 Å². The van der Waals surface area contributed by atoms with Crippen molar-refractivity contribution in [2.75, 3.05) is 6.54 Å². The average molecular weight is 462 g/mol. The van der Waals surface area contributed by atoms with Crippen LogP contribution in [0.2, 0.25) is 0 Å². The lowest BCUT2D eigenvalue weighted by Gasteiger charge is -2.32. The highest BCUT2D eigenvalue weighted by Crippen LogP contribution is 2.27. The highest BCUT2D eigenvalue weighted by atomic mass is 16.2. The van der Waals surface area contributed by atoms with Gasteiger partial charge in [-0.25, -0.2) is 4.98 Å². The average Bonchev–Trinajstić information content (AvgIpc) is 2.84. The summed E-state index contributed by atoms with van der Waals surface area (Å²) in [6.07, 6.45) is 7.45. The van der Waals surface area contributed by atoms with Crippen LogP contribution in [-0.4, -0.2) is 26.9 Å². The summed E-state index contributed by atoms with van der Waals surface area (Å²) < 4.78 is 1.73. The first kappa shape index (κ1) is 25.7. The van der Waals surface area contributed by atoms with E-state index in [4.69, 9.17) is 4.98 Å². The standard InChI is InChI=1S/C29H39N3O2/c1-5-8-10-11-19-27(33)31(20-9-6-2)26(7-3)28-30-25-18-13-12-17-24(25)29(34)32(28)23-16-14-15-22(4)21-23/h12-18,21,26H,5-11,19-20H2,1-4H3. The summed E-state index contributed by atoms with van der Waals surface area (Å²) >= 11 is 0. The molecule has 34 heavy (non-hydrogen) atoms. The van der Waals surface area contributed by atoms with Gasteiger partial charge in [0.05, 0.1) is 22.6 Å². The number of carbonyl (C=O) groups is 1. The highest BCUT2D eigenvalue weighted by Gasteiger charge is 2.28. The van der Waals surface area contributed by atoms with Crippen molar-refractivity contribution in [1.82, 2.24) is 14.5 Å². The summed E-state index contributed by atoms with van der Waals surface area (Å²) in [7, 11) is 0. The molecule has 5 heteroatoms. The number of hydrogen-bond donors (Lipinski definition) is 0. The number of fused-ring (bicyclic) bond motifs is 1. The van der Waals surface area contributed by atoms with Gasteiger partial charge in [0.15, 0.2) is 0 Å². The van der Waals surface area contributed by atoms with Crippen LogP contribution in [-0.2, 0) is 4.79 Å². The fraction of sp³-hybridized carbons (Fsp3) is 0.483. The van der Waals surface area contributed by atoms with E-state index in [0.717, 1.165) is 49.8 Å². The molecule has 0 aliphatic rings. The monoisotopic (exact) mass is 461 g/mol. The molecule has 0 aliphatic heterocycles. The van der Waals surface area contributed by atoms with Crippen molar-refractivity contribution in [2.45, 2.75) is 85.1 Å². The molecule has 0 fully saturated rings. The van der Waals surface area contributed by atoms with E-state index < -0.39 is 0 Å². The molecular weight excluding hydrogens is 422 g/mol. The van der Waals surface area contributed by atoms with Crippen molar-refractivity contribution >= 4 is 16.8 Å². The predicted molar refractivity (Wildman–Crippen MR) is 140 cm³/mol. The number of benzene rings is 2. The summed E-state index contributed by atoms with van der Waals surface area (Å²) in [6.45, 7) is 9.10. The fourth-order valence-electron chi connectivity index (χ4n) is 4.56. The first-order valence-electron chi connectivity index (χ1n) is 12.9. The van der Waals surface area contributed by atoms with Crippen LogP contribution < -0.4 is 5.56 Å². The van der Waals surface area contributed by atoms with E-state index >= 15 is 0 Å². The Labute approximate surface area is 203 Å². The molecule has 1 heterocycles. The molecule has 0 saturated heterocycles. The van der Waals surface area contributed by atoms with Crippen LogP contribution in [0, 0.1) is 6.92 Å². The van der Waals surface area contributed by atoms with Crippen LogP contribution in [0.15, 0.2) is 53.3 Å². The Morgan fingerprint density at radius 1 is 0.971 bits per heavy atom. The molecule has 182 valence electrons. The summed E-state index contributed by atoms with van der Waals surface area (Å²) in [4.78, 5) is 34.2. The zero-order valence-corrected chi connectivity index (χ0v) is 21.2. The van der Waals surface area contributed by atoms with Gasteiger partial charge < -0.3 is 4.90 Å². The van der Waals surface area contributed by atoms with E-state index in [2.05, 4.69) is 20.8 Å². The van der Waals surface area contributed by atoms with Crippen LogP contribution in [0.5, 0.6) is 0 Å². The van der Waals surface area contributed by atoms with Gasteiger partial charge in [-0.2, -0.15) is 0 Å². The molecule has 3 rings (SSSR count). The minimum Gasteiger partial charge on any atom is -0.333 e. The largest absolute Gasteiger partial charge is 0.333 e. The predicted octanol–water partition coefficient (Wildman–Crippen LogP) is 6.74. The molecule has 1 aromatic heterocycles. The second kappa shape index (κ2) is 12.5. The number of unbranched alkanes of at least 4 members (excludes halogenated alkanes) is 4. The first-order chi connectivity index (χ1) is 16.5. The third kappa shape index (κ3) is 5.94. The number of aryl methyl sites for hydroxylation is 1. The first-order valence-corrected chi connectivity index (χ1v) is 12.9. The lowest BCUT2D eigenvalue weighted by atomic mass is 10.1. The number of nitrogens with zero attached hydrogens (tertiary/aromatic N) is 3. The van der Waals surface area contributed by atoms with E-state index in [0.29, 0.717) is 36.1 Å². The van der Waals surface area contributed by atoms with Gasteiger partial charge in [0.2, 0.25) is 5.91 Å². The number of amides is 1. The Hall–Kier alpha value is -2.95. The van der Waals surface area contributed by atoms with Crippen molar-refractivity contribution in [1.29, 1.82) is 0 Å². The van der Waals surface area contributed by atoms with Gasteiger partial charge in [-0.3, -0.25) is 14.2 Å². The van der Waals surface area contributed by atoms with Gasteiger partial charge in [0.25, 0.3) is 5.56 Å². The number of aromatic nitrogens is 2. The maximum absolute atomic E-state index is 13.8. The minimum absolute atomic E-state index is 0.0875. The maximum atomic E-state index is 13.8. The summed E-state index contributed by atoms with van der Waals surface area (Å²) in [6, 6.07) is 15.2. The SMILES string of the molecule is CCCCCCC(=O)N(CCCC)C(CC)c1nc2ccccc2c(=O)n1-c1cccc(C)c1. The van der Waals surface area contributed by atoms with Crippen LogP contribution >= 0.6 is 0 Å². The molecule has 2 aromatic carbocycles. The van der Waals surface area contributed by atoms with E-state index in [1.165, 1.54) is 0 Å². The Morgan fingerprint density at radius 2 is 1.74 bits per heavy atom. The van der Waals surface area contributed by atoms with Crippen molar-refractivity contribution < 1.29 is 4.79 Å². The Morgan fingerprint density at radius 3 is 2.44 bits per heavy atom. The van der Waals surface area contributed by atoms with Gasteiger partial charge in [-0.15, -0.1) is 0 Å². The molecule has 1 atom stereocenters. The van der Waals surface area contributed by atoms with Gasteiger partial charge in [-0.1, -0.05) is 70.7 Å². The second-order valence-corrected chi connectivity index (χ2v) is 9.14. The molecular formula is C29H39N3O2. The summed E-state index contributed by atoms with van der Waals surface area (Å²) in [5, 5.41) is 0.591. The molecule has 5 nitrogen and oxygen atoms in total. The second-order valence-electron chi connectivity index (χ2n) is 9.14. The smallest absolute Gasteiger partial charge is 0.266 e. The summed E-state index contributed by atoms with van der Waals surface area (Å²) in [5.74, 6) is 0.810. The quantitative estimate of drug-likeness (QED) is 0.281. The van der Waals surface area contributed by atoms with Crippen LogP contribution in [0.4, 0.5) is 0 Å². The van der Waals surface area contributed by atoms with Crippen LogP contribution in [0.3, 0.4) is 0 Å². The Kier molecular flexibility index (Phi) is 9.43. The molecule has 0 spiro atoms.